The number of carbonyl (C=O) groups is 1. The SMILES string of the molecule is N#CCn1cc(-c2cc(Oc3ccc(NC(=O)Nc4cncc(C(F)(F)F)c4)c(F)c3)ccn2)cn1. The van der Waals surface area contributed by atoms with Gasteiger partial charge in [-0.15, -0.1) is 0 Å². The van der Waals surface area contributed by atoms with E-state index >= 15 is 0 Å². The number of pyridine rings is 2. The van der Waals surface area contributed by atoms with Gasteiger partial charge in [0.25, 0.3) is 0 Å². The summed E-state index contributed by atoms with van der Waals surface area (Å²) in [6.07, 6.45) is 1.71. The smallest absolute Gasteiger partial charge is 0.417 e. The summed E-state index contributed by atoms with van der Waals surface area (Å²) in [6, 6.07) is 8.56. The Morgan fingerprint density at radius 2 is 1.89 bits per heavy atom. The molecule has 13 heteroatoms. The lowest BCUT2D eigenvalue weighted by atomic mass is 10.2. The average Bonchev–Trinajstić information content (AvgIpc) is 3.30. The van der Waals surface area contributed by atoms with Crippen LogP contribution in [0.3, 0.4) is 0 Å². The molecule has 9 nitrogen and oxygen atoms in total. The average molecular weight is 497 g/mol. The van der Waals surface area contributed by atoms with E-state index in [-0.39, 0.29) is 23.7 Å². The Morgan fingerprint density at radius 3 is 2.64 bits per heavy atom. The van der Waals surface area contributed by atoms with E-state index in [1.54, 1.807) is 24.5 Å². The molecule has 0 unspecified atom stereocenters. The number of anilines is 2. The van der Waals surface area contributed by atoms with Crippen LogP contribution in [0.15, 0.2) is 67.4 Å². The van der Waals surface area contributed by atoms with Gasteiger partial charge in [0.1, 0.15) is 23.9 Å². The van der Waals surface area contributed by atoms with Crippen molar-refractivity contribution >= 4 is 17.4 Å². The maximum atomic E-state index is 14.6. The molecule has 0 aliphatic heterocycles. The van der Waals surface area contributed by atoms with Crippen LogP contribution in [0.4, 0.5) is 33.7 Å². The van der Waals surface area contributed by atoms with E-state index in [1.165, 1.54) is 23.0 Å². The third-order valence-corrected chi connectivity index (χ3v) is 4.64. The second-order valence-corrected chi connectivity index (χ2v) is 7.24. The third-order valence-electron chi connectivity index (χ3n) is 4.64. The minimum atomic E-state index is -4.63. The predicted octanol–water partition coefficient (Wildman–Crippen LogP) is 5.46. The number of urea groups is 1. The summed E-state index contributed by atoms with van der Waals surface area (Å²) in [5, 5.41) is 17.2. The molecule has 182 valence electrons. The Bertz CT molecular complexity index is 1450. The van der Waals surface area contributed by atoms with Crippen LogP contribution in [-0.4, -0.2) is 25.8 Å². The van der Waals surface area contributed by atoms with E-state index in [0.29, 0.717) is 29.3 Å². The molecule has 0 bridgehead atoms. The number of nitriles is 1. The number of carbonyl (C=O) groups excluding carboxylic acids is 1. The topological polar surface area (TPSA) is 118 Å². The van der Waals surface area contributed by atoms with Gasteiger partial charge in [0, 0.05) is 36.3 Å². The highest BCUT2D eigenvalue weighted by Gasteiger charge is 2.31. The zero-order chi connectivity index (χ0) is 25.7. The molecule has 0 aliphatic carbocycles. The van der Waals surface area contributed by atoms with Gasteiger partial charge in [-0.05, 0) is 24.3 Å². The van der Waals surface area contributed by atoms with Crippen molar-refractivity contribution in [1.82, 2.24) is 19.7 Å². The van der Waals surface area contributed by atoms with Crippen LogP contribution in [0, 0.1) is 17.1 Å². The first-order valence-electron chi connectivity index (χ1n) is 10.1. The van der Waals surface area contributed by atoms with Crippen molar-refractivity contribution in [3.8, 4) is 28.8 Å². The second-order valence-electron chi connectivity index (χ2n) is 7.24. The van der Waals surface area contributed by atoms with Crippen molar-refractivity contribution in [1.29, 1.82) is 5.26 Å². The van der Waals surface area contributed by atoms with Gasteiger partial charge in [-0.1, -0.05) is 0 Å². The van der Waals surface area contributed by atoms with Crippen LogP contribution >= 0.6 is 0 Å². The number of nitrogens with one attached hydrogen (secondary N) is 2. The summed E-state index contributed by atoms with van der Waals surface area (Å²) < 4.78 is 60.1. The molecule has 0 aliphatic rings. The quantitative estimate of drug-likeness (QED) is 0.342. The molecule has 0 saturated heterocycles. The van der Waals surface area contributed by atoms with Crippen LogP contribution in [-0.2, 0) is 12.7 Å². The number of hydrogen-bond donors (Lipinski definition) is 2. The monoisotopic (exact) mass is 497 g/mol. The lowest BCUT2D eigenvalue weighted by Gasteiger charge is -2.12. The number of alkyl halides is 3. The molecule has 0 atom stereocenters. The summed E-state index contributed by atoms with van der Waals surface area (Å²) >= 11 is 0. The van der Waals surface area contributed by atoms with Crippen molar-refractivity contribution in [2.24, 2.45) is 0 Å². The van der Waals surface area contributed by atoms with Gasteiger partial charge in [0.2, 0.25) is 0 Å². The molecule has 3 aromatic heterocycles. The molecule has 0 fully saturated rings. The number of ether oxygens (including phenoxy) is 1. The van der Waals surface area contributed by atoms with Gasteiger partial charge < -0.3 is 15.4 Å². The van der Waals surface area contributed by atoms with Gasteiger partial charge >= 0.3 is 12.2 Å². The summed E-state index contributed by atoms with van der Waals surface area (Å²) in [5.41, 5.74) is -0.294. The molecule has 4 rings (SSSR count). The minimum Gasteiger partial charge on any atom is -0.457 e. The lowest BCUT2D eigenvalue weighted by Crippen LogP contribution is -2.20. The first-order valence-corrected chi connectivity index (χ1v) is 10.1. The van der Waals surface area contributed by atoms with Gasteiger partial charge in [0.05, 0.1) is 41.1 Å². The fourth-order valence-corrected chi connectivity index (χ4v) is 3.03. The normalized spacial score (nSPS) is 11.0. The molecular weight excluding hydrogens is 482 g/mol. The first-order chi connectivity index (χ1) is 17.2. The Hall–Kier alpha value is -4.99. The van der Waals surface area contributed by atoms with Crippen molar-refractivity contribution in [2.75, 3.05) is 10.6 Å². The number of nitrogens with zero attached hydrogens (tertiary/aromatic N) is 5. The van der Waals surface area contributed by atoms with E-state index in [1.807, 2.05) is 6.07 Å². The number of amides is 2. The Labute approximate surface area is 201 Å². The van der Waals surface area contributed by atoms with Crippen LogP contribution in [0.1, 0.15) is 5.56 Å². The molecule has 0 radical (unpaired) electrons. The second kappa shape index (κ2) is 10.1. The van der Waals surface area contributed by atoms with Crippen LogP contribution < -0.4 is 15.4 Å². The predicted molar refractivity (Wildman–Crippen MR) is 119 cm³/mol. The van der Waals surface area contributed by atoms with Crippen LogP contribution in [0.5, 0.6) is 11.5 Å². The van der Waals surface area contributed by atoms with E-state index < -0.39 is 23.6 Å². The minimum absolute atomic E-state index is 0.0880. The Kier molecular flexibility index (Phi) is 6.77. The highest BCUT2D eigenvalue weighted by Crippen LogP contribution is 2.30. The number of benzene rings is 1. The van der Waals surface area contributed by atoms with Gasteiger partial charge in [-0.25, -0.2) is 9.18 Å². The molecule has 2 amide bonds. The van der Waals surface area contributed by atoms with Crippen LogP contribution in [0.2, 0.25) is 0 Å². The number of halogens is 4. The maximum Gasteiger partial charge on any atom is 0.417 e. The molecule has 36 heavy (non-hydrogen) atoms. The molecule has 4 aromatic rings. The van der Waals surface area contributed by atoms with Crippen molar-refractivity contribution in [2.45, 2.75) is 12.7 Å². The maximum absolute atomic E-state index is 14.6. The number of rotatable bonds is 6. The summed E-state index contributed by atoms with van der Waals surface area (Å²) in [4.78, 5) is 19.8. The third kappa shape index (κ3) is 5.92. The number of hydrogen-bond acceptors (Lipinski definition) is 6. The van der Waals surface area contributed by atoms with E-state index in [2.05, 4.69) is 25.7 Å². The van der Waals surface area contributed by atoms with Gasteiger partial charge in [-0.3, -0.25) is 14.6 Å². The van der Waals surface area contributed by atoms with E-state index in [0.717, 1.165) is 12.3 Å². The molecule has 2 N–H and O–H groups in total. The summed E-state index contributed by atoms with van der Waals surface area (Å²) in [5.74, 6) is -0.363. The van der Waals surface area contributed by atoms with E-state index in [4.69, 9.17) is 10.00 Å². The highest BCUT2D eigenvalue weighted by atomic mass is 19.4. The Balaban J connectivity index is 1.42. The van der Waals surface area contributed by atoms with E-state index in [9.17, 15) is 22.4 Å². The zero-order valence-corrected chi connectivity index (χ0v) is 18.1. The molecule has 0 spiro atoms. The first kappa shape index (κ1) is 24.1. The summed E-state index contributed by atoms with van der Waals surface area (Å²) in [7, 11) is 0. The zero-order valence-electron chi connectivity index (χ0n) is 18.1. The standard InChI is InChI=1S/C23H15F4N7O2/c24-19-8-17(36-18-3-5-30-21(9-18)14-10-31-34(13-14)6-4-28)1-2-20(19)33-22(35)32-16-7-15(11-29-12-16)23(25,26)27/h1-3,5,7-13H,6H2,(H2,32,33,35). The summed E-state index contributed by atoms with van der Waals surface area (Å²) in [6.45, 7) is 0.0880. The number of aromatic nitrogens is 4. The molecule has 3 heterocycles. The van der Waals surface area contributed by atoms with Gasteiger partial charge in [0.15, 0.2) is 0 Å². The highest BCUT2D eigenvalue weighted by molar-refractivity contribution is 5.99. The van der Waals surface area contributed by atoms with Crippen molar-refractivity contribution in [3.05, 3.63) is 78.8 Å². The fourth-order valence-electron chi connectivity index (χ4n) is 3.03. The van der Waals surface area contributed by atoms with Crippen LogP contribution in [0.25, 0.3) is 11.3 Å². The van der Waals surface area contributed by atoms with Crippen molar-refractivity contribution in [3.63, 3.8) is 0 Å². The van der Waals surface area contributed by atoms with Gasteiger partial charge in [-0.2, -0.15) is 23.5 Å². The largest absolute Gasteiger partial charge is 0.457 e. The van der Waals surface area contributed by atoms with Crippen molar-refractivity contribution < 1.29 is 27.1 Å². The molecular formula is C23H15F4N7O2. The lowest BCUT2D eigenvalue weighted by molar-refractivity contribution is -0.137. The molecule has 1 aromatic carbocycles. The molecule has 0 saturated carbocycles. The Morgan fingerprint density at radius 1 is 1.08 bits per heavy atom. The fraction of sp³-hybridized carbons (Fsp3) is 0.0870.